The normalized spacial score (nSPS) is 24.9. The predicted molar refractivity (Wildman–Crippen MR) is 75.0 cm³/mol. The van der Waals surface area contributed by atoms with Crippen molar-refractivity contribution in [2.24, 2.45) is 5.92 Å². The van der Waals surface area contributed by atoms with Crippen LogP contribution in [0.15, 0.2) is 23.2 Å². The van der Waals surface area contributed by atoms with Crippen LogP contribution in [-0.2, 0) is 10.0 Å². The number of pyridine rings is 1. The van der Waals surface area contributed by atoms with Crippen LogP contribution in [0, 0.1) is 5.92 Å². The molecule has 1 aliphatic carbocycles. The van der Waals surface area contributed by atoms with Crippen LogP contribution < -0.4 is 10.5 Å². The van der Waals surface area contributed by atoms with Crippen molar-refractivity contribution in [3.8, 4) is 0 Å². The van der Waals surface area contributed by atoms with Gasteiger partial charge in [0.1, 0.15) is 5.82 Å². The average molecular weight is 283 g/mol. The van der Waals surface area contributed by atoms with Crippen LogP contribution in [0.4, 0.5) is 5.82 Å². The summed E-state index contributed by atoms with van der Waals surface area (Å²) in [5, 5.41) is 0. The Kier molecular flexibility index (Phi) is 4.42. The Balaban J connectivity index is 2.08. The summed E-state index contributed by atoms with van der Waals surface area (Å²) < 4.78 is 27.3. The summed E-state index contributed by atoms with van der Waals surface area (Å²) in [6, 6.07) is 2.89. The summed E-state index contributed by atoms with van der Waals surface area (Å²) in [6.45, 7) is 2.22. The zero-order chi connectivity index (χ0) is 13.9. The van der Waals surface area contributed by atoms with Crippen molar-refractivity contribution in [2.75, 3.05) is 5.73 Å². The van der Waals surface area contributed by atoms with Gasteiger partial charge in [0.2, 0.25) is 10.0 Å². The van der Waals surface area contributed by atoms with Crippen LogP contribution in [0.1, 0.15) is 39.0 Å². The van der Waals surface area contributed by atoms with E-state index in [0.29, 0.717) is 5.92 Å². The molecule has 0 bridgehead atoms. The molecule has 1 aromatic heterocycles. The Morgan fingerprint density at radius 2 is 2.11 bits per heavy atom. The molecule has 1 heterocycles. The SMILES string of the molecule is CC1CCCC(NS(=O)(=O)c2ccnc(N)c2)CC1. The number of rotatable bonds is 3. The molecule has 1 saturated carbocycles. The number of sulfonamides is 1. The van der Waals surface area contributed by atoms with Crippen molar-refractivity contribution < 1.29 is 8.42 Å². The van der Waals surface area contributed by atoms with Crippen molar-refractivity contribution in [3.63, 3.8) is 0 Å². The third kappa shape index (κ3) is 3.91. The highest BCUT2D eigenvalue weighted by Gasteiger charge is 2.22. The summed E-state index contributed by atoms with van der Waals surface area (Å²) in [6.07, 6.45) is 6.56. The molecule has 0 spiro atoms. The monoisotopic (exact) mass is 283 g/mol. The van der Waals surface area contributed by atoms with Crippen molar-refractivity contribution in [1.82, 2.24) is 9.71 Å². The van der Waals surface area contributed by atoms with Gasteiger partial charge in [0.25, 0.3) is 0 Å². The molecule has 106 valence electrons. The van der Waals surface area contributed by atoms with Gasteiger partial charge in [-0.3, -0.25) is 0 Å². The van der Waals surface area contributed by atoms with Crippen LogP contribution in [-0.4, -0.2) is 19.4 Å². The quantitative estimate of drug-likeness (QED) is 0.830. The third-order valence-electron chi connectivity index (χ3n) is 3.64. The fourth-order valence-electron chi connectivity index (χ4n) is 2.49. The number of anilines is 1. The fraction of sp³-hybridized carbons (Fsp3) is 0.615. The van der Waals surface area contributed by atoms with Crippen LogP contribution in [0.25, 0.3) is 0 Å². The van der Waals surface area contributed by atoms with Crippen LogP contribution in [0.2, 0.25) is 0 Å². The fourth-order valence-corrected chi connectivity index (χ4v) is 3.81. The highest BCUT2D eigenvalue weighted by molar-refractivity contribution is 7.89. The Morgan fingerprint density at radius 1 is 1.32 bits per heavy atom. The number of aromatic nitrogens is 1. The average Bonchev–Trinajstić information content (AvgIpc) is 2.54. The van der Waals surface area contributed by atoms with Crippen LogP contribution >= 0.6 is 0 Å². The molecule has 1 aromatic rings. The molecule has 0 aromatic carbocycles. The van der Waals surface area contributed by atoms with E-state index in [9.17, 15) is 8.42 Å². The maximum Gasteiger partial charge on any atom is 0.241 e. The summed E-state index contributed by atoms with van der Waals surface area (Å²) in [5.74, 6) is 0.906. The highest BCUT2D eigenvalue weighted by atomic mass is 32.2. The first-order chi connectivity index (χ1) is 8.97. The Bertz CT molecular complexity index is 530. The molecule has 0 radical (unpaired) electrons. The lowest BCUT2D eigenvalue weighted by Crippen LogP contribution is -2.34. The Morgan fingerprint density at radius 3 is 2.84 bits per heavy atom. The smallest absolute Gasteiger partial charge is 0.241 e. The van der Waals surface area contributed by atoms with Crippen molar-refractivity contribution >= 4 is 15.8 Å². The molecule has 1 fully saturated rings. The number of nitrogens with one attached hydrogen (secondary N) is 1. The van der Waals surface area contributed by atoms with Gasteiger partial charge in [0.05, 0.1) is 4.90 Å². The highest BCUT2D eigenvalue weighted by Crippen LogP contribution is 2.24. The van der Waals surface area contributed by atoms with Gasteiger partial charge in [-0.25, -0.2) is 18.1 Å². The largest absolute Gasteiger partial charge is 0.384 e. The second kappa shape index (κ2) is 5.88. The molecule has 5 nitrogen and oxygen atoms in total. The number of nitrogens with two attached hydrogens (primary N) is 1. The summed E-state index contributed by atoms with van der Waals surface area (Å²) in [4.78, 5) is 4.00. The first kappa shape index (κ1) is 14.3. The van der Waals surface area contributed by atoms with Crippen molar-refractivity contribution in [3.05, 3.63) is 18.3 Å². The summed E-state index contributed by atoms with van der Waals surface area (Å²) in [7, 11) is -3.49. The molecule has 0 aliphatic heterocycles. The molecule has 19 heavy (non-hydrogen) atoms. The second-order valence-electron chi connectivity index (χ2n) is 5.35. The molecular weight excluding hydrogens is 262 g/mol. The third-order valence-corrected chi connectivity index (χ3v) is 5.16. The zero-order valence-corrected chi connectivity index (χ0v) is 12.0. The van der Waals surface area contributed by atoms with Crippen molar-refractivity contribution in [1.29, 1.82) is 0 Å². The van der Waals surface area contributed by atoms with E-state index in [-0.39, 0.29) is 16.8 Å². The van der Waals surface area contributed by atoms with Gasteiger partial charge in [0.15, 0.2) is 0 Å². The Hall–Kier alpha value is -1.14. The second-order valence-corrected chi connectivity index (χ2v) is 7.06. The van der Waals surface area contributed by atoms with Crippen molar-refractivity contribution in [2.45, 2.75) is 50.0 Å². The summed E-state index contributed by atoms with van der Waals surface area (Å²) >= 11 is 0. The van der Waals surface area contributed by atoms with Gasteiger partial charge in [-0.2, -0.15) is 0 Å². The molecule has 1 aliphatic rings. The molecule has 2 atom stereocenters. The molecule has 6 heteroatoms. The maximum atomic E-state index is 12.3. The first-order valence-corrected chi connectivity index (χ1v) is 8.19. The van der Waals surface area contributed by atoms with Gasteiger partial charge < -0.3 is 5.73 Å². The number of hydrogen-bond donors (Lipinski definition) is 2. The molecule has 0 saturated heterocycles. The van der Waals surface area contributed by atoms with Crippen LogP contribution in [0.5, 0.6) is 0 Å². The Labute approximate surface area is 114 Å². The standard InChI is InChI=1S/C13H21N3O2S/c1-10-3-2-4-11(6-5-10)16-19(17,18)12-7-8-15-13(14)9-12/h7-11,16H,2-6H2,1H3,(H2,14,15). The molecular formula is C13H21N3O2S. The minimum Gasteiger partial charge on any atom is -0.384 e. The number of nitrogens with zero attached hydrogens (tertiary/aromatic N) is 1. The molecule has 2 unspecified atom stereocenters. The van der Waals surface area contributed by atoms with Gasteiger partial charge in [-0.05, 0) is 31.2 Å². The van der Waals surface area contributed by atoms with E-state index >= 15 is 0 Å². The minimum atomic E-state index is -3.49. The topological polar surface area (TPSA) is 85.1 Å². The lowest BCUT2D eigenvalue weighted by atomic mass is 10.0. The van der Waals surface area contributed by atoms with Gasteiger partial charge in [-0.15, -0.1) is 0 Å². The lowest BCUT2D eigenvalue weighted by molar-refractivity contribution is 0.484. The molecule has 0 amide bonds. The lowest BCUT2D eigenvalue weighted by Gasteiger charge is -2.16. The van der Waals surface area contributed by atoms with E-state index in [4.69, 9.17) is 5.73 Å². The van der Waals surface area contributed by atoms with Gasteiger partial charge in [-0.1, -0.05) is 19.8 Å². The van der Waals surface area contributed by atoms with E-state index in [0.717, 1.165) is 25.7 Å². The number of hydrogen-bond acceptors (Lipinski definition) is 4. The number of nitrogen functional groups attached to an aromatic ring is 1. The predicted octanol–water partition coefficient (Wildman–Crippen LogP) is 1.91. The van der Waals surface area contributed by atoms with E-state index in [1.54, 1.807) is 0 Å². The first-order valence-electron chi connectivity index (χ1n) is 6.71. The van der Waals surface area contributed by atoms with Gasteiger partial charge in [0, 0.05) is 18.3 Å². The molecule has 2 rings (SSSR count). The van der Waals surface area contributed by atoms with Gasteiger partial charge >= 0.3 is 0 Å². The summed E-state index contributed by atoms with van der Waals surface area (Å²) in [5.41, 5.74) is 5.53. The van der Waals surface area contributed by atoms with Crippen LogP contribution in [0.3, 0.4) is 0 Å². The van der Waals surface area contributed by atoms with E-state index in [1.165, 1.54) is 24.8 Å². The minimum absolute atomic E-state index is 0.0318. The van der Waals surface area contributed by atoms with E-state index in [1.807, 2.05) is 0 Å². The van der Waals surface area contributed by atoms with E-state index < -0.39 is 10.0 Å². The zero-order valence-electron chi connectivity index (χ0n) is 11.2. The molecule has 3 N–H and O–H groups in total. The maximum absolute atomic E-state index is 12.3. The van der Waals surface area contributed by atoms with E-state index in [2.05, 4.69) is 16.6 Å².